The van der Waals surface area contributed by atoms with E-state index in [-0.39, 0.29) is 28.4 Å². The minimum atomic E-state index is -2.94. The van der Waals surface area contributed by atoms with E-state index >= 15 is 0 Å². The number of nitrogens with zero attached hydrogens (tertiary/aromatic N) is 2. The molecule has 0 spiro atoms. The maximum atomic E-state index is 13.3. The number of amidine groups is 1. The number of aliphatic imine (C=N–C) groups is 1. The predicted molar refractivity (Wildman–Crippen MR) is 124 cm³/mol. The fraction of sp³-hybridized carbons (Fsp3) is 0.292. The smallest absolute Gasteiger partial charge is 0.387 e. The van der Waals surface area contributed by atoms with E-state index in [1.54, 1.807) is 25.3 Å². The van der Waals surface area contributed by atoms with Crippen LogP contribution in [0.1, 0.15) is 31.2 Å². The van der Waals surface area contributed by atoms with Crippen molar-refractivity contribution in [2.24, 2.45) is 4.99 Å². The first-order valence-electron chi connectivity index (χ1n) is 10.5. The Morgan fingerprint density at radius 3 is 2.39 bits per heavy atom. The molecule has 0 bridgehead atoms. The number of amides is 1. The van der Waals surface area contributed by atoms with Gasteiger partial charge in [0.25, 0.3) is 5.91 Å². The Morgan fingerprint density at radius 2 is 1.76 bits per heavy atom. The van der Waals surface area contributed by atoms with Crippen LogP contribution in [0.2, 0.25) is 0 Å². The van der Waals surface area contributed by atoms with Crippen LogP contribution in [0, 0.1) is 0 Å². The second-order valence-electron chi connectivity index (χ2n) is 7.53. The number of carbonyl (C=O) groups excluding carboxylic acids is 2. The topological polar surface area (TPSA) is 68.2 Å². The zero-order chi connectivity index (χ0) is 23.4. The molecule has 4 rings (SSSR count). The molecule has 1 unspecified atom stereocenters. The average molecular weight is 473 g/mol. The highest BCUT2D eigenvalue weighted by Crippen LogP contribution is 2.35. The summed E-state index contributed by atoms with van der Waals surface area (Å²) in [4.78, 5) is 31.6. The van der Waals surface area contributed by atoms with E-state index in [2.05, 4.69) is 9.73 Å². The molecule has 2 aliphatic rings. The van der Waals surface area contributed by atoms with Crippen LogP contribution in [0.5, 0.6) is 11.5 Å². The summed E-state index contributed by atoms with van der Waals surface area (Å²) >= 11 is 1.27. The summed E-state index contributed by atoms with van der Waals surface area (Å²) in [6, 6.07) is 13.0. The zero-order valence-electron chi connectivity index (χ0n) is 17.9. The number of hydrogen-bond acceptors (Lipinski definition) is 6. The molecule has 0 N–H and O–H groups in total. The lowest BCUT2D eigenvalue weighted by Crippen LogP contribution is -2.33. The largest absolute Gasteiger partial charge is 0.497 e. The lowest BCUT2D eigenvalue weighted by molar-refractivity contribution is -0.119. The summed E-state index contributed by atoms with van der Waals surface area (Å²) in [6.07, 6.45) is 4.73. The highest BCUT2D eigenvalue weighted by atomic mass is 32.2. The number of methoxy groups -OCH3 is 1. The molecule has 9 heteroatoms. The van der Waals surface area contributed by atoms with Crippen molar-refractivity contribution in [3.63, 3.8) is 0 Å². The maximum absolute atomic E-state index is 13.3. The van der Waals surface area contributed by atoms with Crippen molar-refractivity contribution < 1.29 is 27.8 Å². The fourth-order valence-electron chi connectivity index (χ4n) is 3.64. The van der Waals surface area contributed by atoms with Gasteiger partial charge in [-0.15, -0.1) is 0 Å². The number of ether oxygens (including phenoxy) is 2. The third-order valence-corrected chi connectivity index (χ3v) is 6.58. The molecule has 2 aromatic carbocycles. The standard InChI is InChI=1S/C24H22F2N2O4S/c1-31-17-10-6-15(7-11-17)14-19-22(30)28(16-8-12-18(13-9-16)32-23(25)26)24(27-19)33-21-5-3-2-4-20(21)29/h6-14,21,23H,2-5H2,1H3. The lowest BCUT2D eigenvalue weighted by atomic mass is 9.99. The van der Waals surface area contributed by atoms with Crippen molar-refractivity contribution in [1.82, 2.24) is 0 Å². The van der Waals surface area contributed by atoms with E-state index in [1.807, 2.05) is 12.1 Å². The quantitative estimate of drug-likeness (QED) is 0.535. The third-order valence-electron chi connectivity index (χ3n) is 5.32. The molecule has 1 fully saturated rings. The predicted octanol–water partition coefficient (Wildman–Crippen LogP) is 5.29. The van der Waals surface area contributed by atoms with Gasteiger partial charge in [0.15, 0.2) is 5.17 Å². The number of hydrogen-bond donors (Lipinski definition) is 0. The molecule has 2 aromatic rings. The van der Waals surface area contributed by atoms with Crippen molar-refractivity contribution in [2.75, 3.05) is 12.0 Å². The number of ketones is 1. The van der Waals surface area contributed by atoms with Gasteiger partial charge in [0.2, 0.25) is 0 Å². The van der Waals surface area contributed by atoms with E-state index in [0.29, 0.717) is 23.0 Å². The van der Waals surface area contributed by atoms with E-state index < -0.39 is 6.61 Å². The molecular weight excluding hydrogens is 450 g/mol. The Kier molecular flexibility index (Phi) is 7.08. The van der Waals surface area contributed by atoms with Crippen molar-refractivity contribution in [3.8, 4) is 11.5 Å². The van der Waals surface area contributed by atoms with Gasteiger partial charge in [-0.25, -0.2) is 4.99 Å². The molecule has 1 saturated carbocycles. The van der Waals surface area contributed by atoms with Gasteiger partial charge in [-0.3, -0.25) is 14.5 Å². The van der Waals surface area contributed by atoms with Gasteiger partial charge in [-0.2, -0.15) is 8.78 Å². The Labute approximate surface area is 194 Å². The Bertz CT molecular complexity index is 1080. The monoisotopic (exact) mass is 472 g/mol. The number of alkyl halides is 2. The van der Waals surface area contributed by atoms with Gasteiger partial charge in [0, 0.05) is 6.42 Å². The number of rotatable bonds is 6. The summed E-state index contributed by atoms with van der Waals surface area (Å²) in [5.74, 6) is 0.468. The Balaban J connectivity index is 1.65. The van der Waals surface area contributed by atoms with Gasteiger partial charge in [0.1, 0.15) is 23.0 Å². The molecule has 1 aliphatic heterocycles. The second kappa shape index (κ2) is 10.2. The molecule has 0 aromatic heterocycles. The first kappa shape index (κ1) is 23.0. The van der Waals surface area contributed by atoms with Crippen LogP contribution in [0.15, 0.2) is 59.2 Å². The van der Waals surface area contributed by atoms with Gasteiger partial charge in [-0.1, -0.05) is 30.3 Å². The van der Waals surface area contributed by atoms with E-state index in [1.165, 1.54) is 40.9 Å². The summed E-state index contributed by atoms with van der Waals surface area (Å²) in [5, 5.41) is 0.122. The Morgan fingerprint density at radius 1 is 1.06 bits per heavy atom. The molecule has 1 atom stereocenters. The lowest BCUT2D eigenvalue weighted by Gasteiger charge is -2.23. The van der Waals surface area contributed by atoms with Gasteiger partial charge in [-0.05, 0) is 60.9 Å². The molecule has 0 saturated heterocycles. The molecule has 0 radical (unpaired) electrons. The summed E-state index contributed by atoms with van der Waals surface area (Å²) < 4.78 is 34.6. The second-order valence-corrected chi connectivity index (χ2v) is 8.70. The molecule has 1 heterocycles. The number of benzene rings is 2. The summed E-state index contributed by atoms with van der Waals surface area (Å²) in [6.45, 7) is -2.94. The molecule has 6 nitrogen and oxygen atoms in total. The van der Waals surface area contributed by atoms with Crippen molar-refractivity contribution in [1.29, 1.82) is 0 Å². The minimum Gasteiger partial charge on any atom is -0.497 e. The van der Waals surface area contributed by atoms with Crippen LogP contribution in [0.3, 0.4) is 0 Å². The van der Waals surface area contributed by atoms with Crippen LogP contribution < -0.4 is 14.4 Å². The van der Waals surface area contributed by atoms with Gasteiger partial charge in [0.05, 0.1) is 18.0 Å². The highest BCUT2D eigenvalue weighted by molar-refractivity contribution is 8.15. The molecule has 172 valence electrons. The molecule has 1 amide bonds. The fourth-order valence-corrected chi connectivity index (χ4v) is 4.87. The summed E-state index contributed by atoms with van der Waals surface area (Å²) in [7, 11) is 1.57. The van der Waals surface area contributed by atoms with Crippen LogP contribution in [0.25, 0.3) is 6.08 Å². The zero-order valence-corrected chi connectivity index (χ0v) is 18.7. The SMILES string of the molecule is COc1ccc(C=C2N=C(SC3CCCCC3=O)N(c3ccc(OC(F)F)cc3)C2=O)cc1. The van der Waals surface area contributed by atoms with Gasteiger partial charge < -0.3 is 9.47 Å². The minimum absolute atomic E-state index is 0.0111. The highest BCUT2D eigenvalue weighted by Gasteiger charge is 2.35. The maximum Gasteiger partial charge on any atom is 0.387 e. The molecule has 33 heavy (non-hydrogen) atoms. The molecule has 1 aliphatic carbocycles. The van der Waals surface area contributed by atoms with Crippen LogP contribution >= 0.6 is 11.8 Å². The number of Topliss-reactive ketones (excluding diaryl/α,β-unsaturated/α-hetero) is 1. The number of halogens is 2. The summed E-state index contributed by atoms with van der Waals surface area (Å²) in [5.41, 5.74) is 1.44. The number of thioether (sulfide) groups is 1. The first-order valence-corrected chi connectivity index (χ1v) is 11.4. The van der Waals surface area contributed by atoms with E-state index in [4.69, 9.17) is 4.74 Å². The Hall–Kier alpha value is -3.20. The molecular formula is C24H22F2N2O4S. The van der Waals surface area contributed by atoms with Crippen molar-refractivity contribution >= 4 is 40.4 Å². The van der Waals surface area contributed by atoms with Crippen molar-refractivity contribution in [3.05, 3.63) is 59.8 Å². The number of anilines is 1. The number of carbonyl (C=O) groups is 2. The van der Waals surface area contributed by atoms with E-state index in [0.717, 1.165) is 24.8 Å². The van der Waals surface area contributed by atoms with Crippen LogP contribution in [-0.4, -0.2) is 35.8 Å². The first-order chi connectivity index (χ1) is 15.9. The van der Waals surface area contributed by atoms with Gasteiger partial charge >= 0.3 is 6.61 Å². The van der Waals surface area contributed by atoms with Crippen LogP contribution in [0.4, 0.5) is 14.5 Å². The van der Waals surface area contributed by atoms with E-state index in [9.17, 15) is 18.4 Å². The van der Waals surface area contributed by atoms with Crippen LogP contribution in [-0.2, 0) is 9.59 Å². The normalized spacial score (nSPS) is 19.9. The van der Waals surface area contributed by atoms with Crippen molar-refractivity contribution in [2.45, 2.75) is 37.5 Å². The third kappa shape index (κ3) is 5.42. The average Bonchev–Trinajstić information content (AvgIpc) is 3.10.